The molecule has 0 bridgehead atoms. The molecule has 0 spiro atoms. The Kier molecular flexibility index (Phi) is 6.33. The number of likely N-dealkylation sites (tertiary alicyclic amines) is 1. The zero-order valence-electron chi connectivity index (χ0n) is 16.1. The van der Waals surface area contributed by atoms with Crippen LogP contribution in [0.25, 0.3) is 0 Å². The third-order valence-electron chi connectivity index (χ3n) is 5.88. The van der Waals surface area contributed by atoms with Gasteiger partial charge in [-0.05, 0) is 49.8 Å². The summed E-state index contributed by atoms with van der Waals surface area (Å²) < 4.78 is 0. The van der Waals surface area contributed by atoms with Gasteiger partial charge in [-0.3, -0.25) is 4.79 Å². The fourth-order valence-corrected chi connectivity index (χ4v) is 4.42. The quantitative estimate of drug-likeness (QED) is 0.739. The average molecular weight is 378 g/mol. The van der Waals surface area contributed by atoms with Crippen LogP contribution in [0.1, 0.15) is 52.4 Å². The van der Waals surface area contributed by atoms with Gasteiger partial charge >= 0.3 is 0 Å². The first kappa shape index (κ1) is 19.3. The fourth-order valence-electron chi connectivity index (χ4n) is 4.24. The van der Waals surface area contributed by atoms with E-state index in [0.29, 0.717) is 28.6 Å². The highest BCUT2D eigenvalue weighted by atomic mass is 35.5. The molecule has 2 fully saturated rings. The van der Waals surface area contributed by atoms with Crippen molar-refractivity contribution in [3.8, 4) is 0 Å². The number of carbonyl (C=O) groups is 1. The molecular formula is C21H32ClN3O. The summed E-state index contributed by atoms with van der Waals surface area (Å²) in [6, 6.07) is 6.27. The first-order valence-electron chi connectivity index (χ1n) is 10.1. The van der Waals surface area contributed by atoms with Crippen LogP contribution in [0.4, 0.5) is 11.4 Å². The zero-order valence-corrected chi connectivity index (χ0v) is 16.8. The van der Waals surface area contributed by atoms with Gasteiger partial charge in [0.15, 0.2) is 0 Å². The van der Waals surface area contributed by atoms with Crippen molar-refractivity contribution in [2.75, 3.05) is 30.3 Å². The van der Waals surface area contributed by atoms with Crippen molar-refractivity contribution in [1.29, 1.82) is 0 Å². The molecule has 1 saturated carbocycles. The number of rotatable bonds is 6. The first-order chi connectivity index (χ1) is 12.5. The molecule has 26 heavy (non-hydrogen) atoms. The molecule has 5 heteroatoms. The van der Waals surface area contributed by atoms with Crippen LogP contribution in [-0.4, -0.2) is 36.5 Å². The number of nitrogen functional groups attached to an aromatic ring is 1. The zero-order chi connectivity index (χ0) is 18.7. The van der Waals surface area contributed by atoms with Crippen LogP contribution in [-0.2, 0) is 4.79 Å². The van der Waals surface area contributed by atoms with Crippen LogP contribution in [0, 0.1) is 11.8 Å². The van der Waals surface area contributed by atoms with Gasteiger partial charge in [-0.1, -0.05) is 38.3 Å². The molecule has 1 aromatic rings. The standard InChI is InChI=1S/C21H32ClN3O/c1-15(2)9-12-25(17-7-8-20(23)19(22)13-17)18-10-11-24(14-18)21(26)16-5-3-4-6-16/h7-8,13,15-16,18H,3-6,9-12,14,23H2,1-2H3. The summed E-state index contributed by atoms with van der Waals surface area (Å²) in [6.45, 7) is 7.18. The molecule has 1 aliphatic heterocycles. The van der Waals surface area contributed by atoms with E-state index in [4.69, 9.17) is 17.3 Å². The predicted molar refractivity (Wildman–Crippen MR) is 110 cm³/mol. The minimum absolute atomic E-state index is 0.267. The van der Waals surface area contributed by atoms with Crippen molar-refractivity contribution >= 4 is 28.9 Å². The van der Waals surface area contributed by atoms with Gasteiger partial charge < -0.3 is 15.5 Å². The van der Waals surface area contributed by atoms with E-state index < -0.39 is 0 Å². The van der Waals surface area contributed by atoms with Gasteiger partial charge in [0, 0.05) is 37.3 Å². The molecule has 1 unspecified atom stereocenters. The third kappa shape index (κ3) is 4.46. The molecule has 1 aromatic carbocycles. The average Bonchev–Trinajstić information content (AvgIpc) is 3.29. The lowest BCUT2D eigenvalue weighted by atomic mass is 10.1. The van der Waals surface area contributed by atoms with E-state index in [1.54, 1.807) is 0 Å². The highest BCUT2D eigenvalue weighted by Crippen LogP contribution is 2.32. The molecule has 1 atom stereocenters. The molecule has 1 heterocycles. The highest BCUT2D eigenvalue weighted by molar-refractivity contribution is 6.33. The Labute approximate surface area is 162 Å². The van der Waals surface area contributed by atoms with E-state index in [9.17, 15) is 4.79 Å². The lowest BCUT2D eigenvalue weighted by molar-refractivity contribution is -0.134. The maximum atomic E-state index is 12.8. The topological polar surface area (TPSA) is 49.6 Å². The molecule has 2 aliphatic rings. The minimum atomic E-state index is 0.267. The Balaban J connectivity index is 1.72. The van der Waals surface area contributed by atoms with E-state index in [2.05, 4.69) is 29.7 Å². The van der Waals surface area contributed by atoms with Crippen LogP contribution in [0.5, 0.6) is 0 Å². The number of carbonyl (C=O) groups excluding carboxylic acids is 1. The Morgan fingerprint density at radius 2 is 2.04 bits per heavy atom. The van der Waals surface area contributed by atoms with Crippen LogP contribution in [0.15, 0.2) is 18.2 Å². The third-order valence-corrected chi connectivity index (χ3v) is 6.21. The SMILES string of the molecule is CC(C)CCN(c1ccc(N)c(Cl)c1)C1CCN(C(=O)C2CCCC2)C1. The van der Waals surface area contributed by atoms with E-state index in [1.165, 1.54) is 12.8 Å². The Hall–Kier alpha value is -1.42. The van der Waals surface area contributed by atoms with E-state index in [-0.39, 0.29) is 5.92 Å². The summed E-state index contributed by atoms with van der Waals surface area (Å²) >= 11 is 6.28. The van der Waals surface area contributed by atoms with Crippen LogP contribution >= 0.6 is 11.6 Å². The number of hydrogen-bond acceptors (Lipinski definition) is 3. The van der Waals surface area contributed by atoms with Crippen molar-refractivity contribution in [3.05, 3.63) is 23.2 Å². The summed E-state index contributed by atoms with van der Waals surface area (Å²) in [5.41, 5.74) is 7.62. The molecule has 1 amide bonds. The molecule has 1 saturated heterocycles. The van der Waals surface area contributed by atoms with E-state index in [1.807, 2.05) is 12.1 Å². The molecule has 144 valence electrons. The molecule has 1 aliphatic carbocycles. The summed E-state index contributed by atoms with van der Waals surface area (Å²) in [5, 5.41) is 0.605. The first-order valence-corrected chi connectivity index (χ1v) is 10.4. The molecular weight excluding hydrogens is 346 g/mol. The molecule has 4 nitrogen and oxygen atoms in total. The minimum Gasteiger partial charge on any atom is -0.398 e. The summed E-state index contributed by atoms with van der Waals surface area (Å²) in [6.07, 6.45) is 6.71. The second kappa shape index (κ2) is 8.51. The number of nitrogens with zero attached hydrogens (tertiary/aromatic N) is 2. The van der Waals surface area contributed by atoms with Crippen molar-refractivity contribution in [1.82, 2.24) is 4.90 Å². The number of benzene rings is 1. The van der Waals surface area contributed by atoms with Crippen LogP contribution in [0.3, 0.4) is 0 Å². The number of amides is 1. The second-order valence-corrected chi connectivity index (χ2v) is 8.70. The predicted octanol–water partition coefficient (Wildman–Crippen LogP) is 4.57. The molecule has 0 aromatic heterocycles. The van der Waals surface area contributed by atoms with E-state index >= 15 is 0 Å². The van der Waals surface area contributed by atoms with Gasteiger partial charge in [0.2, 0.25) is 5.91 Å². The largest absolute Gasteiger partial charge is 0.398 e. The Bertz CT molecular complexity index is 628. The summed E-state index contributed by atoms with van der Waals surface area (Å²) in [7, 11) is 0. The summed E-state index contributed by atoms with van der Waals surface area (Å²) in [5.74, 6) is 1.28. The van der Waals surface area contributed by atoms with Gasteiger partial charge in [0.25, 0.3) is 0 Å². The van der Waals surface area contributed by atoms with Crippen molar-refractivity contribution in [2.45, 2.75) is 58.4 Å². The van der Waals surface area contributed by atoms with E-state index in [0.717, 1.165) is 51.0 Å². The molecule has 0 radical (unpaired) electrons. The maximum absolute atomic E-state index is 12.8. The monoisotopic (exact) mass is 377 g/mol. The van der Waals surface area contributed by atoms with Gasteiger partial charge in [0.1, 0.15) is 0 Å². The van der Waals surface area contributed by atoms with Gasteiger partial charge in [0.05, 0.1) is 10.7 Å². The number of hydrogen-bond donors (Lipinski definition) is 1. The Morgan fingerprint density at radius 3 is 2.69 bits per heavy atom. The van der Waals surface area contributed by atoms with Crippen LogP contribution in [0.2, 0.25) is 5.02 Å². The number of nitrogens with two attached hydrogens (primary N) is 1. The van der Waals surface area contributed by atoms with Crippen molar-refractivity contribution < 1.29 is 4.79 Å². The van der Waals surface area contributed by atoms with Gasteiger partial charge in [-0.25, -0.2) is 0 Å². The molecule has 3 rings (SSSR count). The maximum Gasteiger partial charge on any atom is 0.225 e. The second-order valence-electron chi connectivity index (χ2n) is 8.29. The molecule has 2 N–H and O–H groups in total. The lowest BCUT2D eigenvalue weighted by Crippen LogP contribution is -2.41. The van der Waals surface area contributed by atoms with Crippen molar-refractivity contribution in [2.24, 2.45) is 11.8 Å². The number of anilines is 2. The highest BCUT2D eigenvalue weighted by Gasteiger charge is 2.34. The van der Waals surface area contributed by atoms with Gasteiger partial charge in [-0.15, -0.1) is 0 Å². The van der Waals surface area contributed by atoms with Gasteiger partial charge in [-0.2, -0.15) is 0 Å². The normalized spacial score (nSPS) is 20.9. The van der Waals surface area contributed by atoms with Crippen molar-refractivity contribution in [3.63, 3.8) is 0 Å². The lowest BCUT2D eigenvalue weighted by Gasteiger charge is -2.32. The van der Waals surface area contributed by atoms with Crippen LogP contribution < -0.4 is 10.6 Å². The summed E-state index contributed by atoms with van der Waals surface area (Å²) in [4.78, 5) is 17.3. The smallest absolute Gasteiger partial charge is 0.225 e. The fraction of sp³-hybridized carbons (Fsp3) is 0.667. The Morgan fingerprint density at radius 1 is 1.31 bits per heavy atom. The number of halogens is 1.